The van der Waals surface area contributed by atoms with Gasteiger partial charge in [-0.15, -0.1) is 0 Å². The van der Waals surface area contributed by atoms with E-state index >= 15 is 0 Å². The molecular weight excluding hydrogens is 350 g/mol. The van der Waals surface area contributed by atoms with Gasteiger partial charge < -0.3 is 34.5 Å². The first-order valence-corrected chi connectivity index (χ1v) is 8.73. The Labute approximate surface area is 155 Å². The third kappa shape index (κ3) is 3.20. The van der Waals surface area contributed by atoms with E-state index in [2.05, 4.69) is 0 Å². The standard InChI is InChI=1S/C20H21NO6/c22-11-16-17(23)18(24)19(20(25)27-16)26-15-10-21(12-6-2-1-3-7-12)14-9-5-4-8-13(14)15/h1-10,16-20,22-25H,11H2/t16-,17+,18+,19-,20-/m1/s1. The fourth-order valence-electron chi connectivity index (χ4n) is 3.39. The first-order valence-electron chi connectivity index (χ1n) is 8.73. The van der Waals surface area contributed by atoms with Crippen LogP contribution in [0, 0.1) is 0 Å². The van der Waals surface area contributed by atoms with Crippen LogP contribution in [0.3, 0.4) is 0 Å². The quantitative estimate of drug-likeness (QED) is 0.541. The summed E-state index contributed by atoms with van der Waals surface area (Å²) in [4.78, 5) is 0. The van der Waals surface area contributed by atoms with Gasteiger partial charge in [0.25, 0.3) is 0 Å². The lowest BCUT2D eigenvalue weighted by molar-refractivity contribution is -0.280. The average molecular weight is 371 g/mol. The van der Waals surface area contributed by atoms with Crippen LogP contribution in [0.15, 0.2) is 60.8 Å². The van der Waals surface area contributed by atoms with Crippen molar-refractivity contribution in [3.63, 3.8) is 0 Å². The number of hydrogen-bond acceptors (Lipinski definition) is 6. The summed E-state index contributed by atoms with van der Waals surface area (Å²) < 4.78 is 13.0. The Morgan fingerprint density at radius 1 is 0.926 bits per heavy atom. The second kappa shape index (κ2) is 7.30. The Morgan fingerprint density at radius 2 is 1.63 bits per heavy atom. The van der Waals surface area contributed by atoms with E-state index in [1.54, 1.807) is 6.20 Å². The van der Waals surface area contributed by atoms with Gasteiger partial charge in [-0.3, -0.25) is 0 Å². The molecule has 1 fully saturated rings. The molecule has 4 N–H and O–H groups in total. The lowest BCUT2D eigenvalue weighted by atomic mass is 9.99. The minimum Gasteiger partial charge on any atom is -0.480 e. The lowest BCUT2D eigenvalue weighted by Crippen LogP contribution is -2.60. The zero-order valence-corrected chi connectivity index (χ0v) is 14.4. The zero-order chi connectivity index (χ0) is 19.0. The summed E-state index contributed by atoms with van der Waals surface area (Å²) in [5.41, 5.74) is 1.83. The van der Waals surface area contributed by atoms with E-state index in [4.69, 9.17) is 9.47 Å². The molecule has 0 unspecified atom stereocenters. The van der Waals surface area contributed by atoms with Crippen molar-refractivity contribution in [1.29, 1.82) is 0 Å². The summed E-state index contributed by atoms with van der Waals surface area (Å²) in [5.74, 6) is 0.441. The number of aliphatic hydroxyl groups is 4. The molecule has 1 saturated heterocycles. The number of aromatic nitrogens is 1. The van der Waals surface area contributed by atoms with Gasteiger partial charge in [-0.05, 0) is 24.3 Å². The summed E-state index contributed by atoms with van der Waals surface area (Å²) in [7, 11) is 0. The molecule has 2 aromatic carbocycles. The van der Waals surface area contributed by atoms with Crippen molar-refractivity contribution in [2.24, 2.45) is 0 Å². The van der Waals surface area contributed by atoms with Crippen LogP contribution in [0.4, 0.5) is 0 Å². The van der Waals surface area contributed by atoms with Crippen LogP contribution in [-0.2, 0) is 4.74 Å². The normalized spacial score (nSPS) is 28.4. The van der Waals surface area contributed by atoms with E-state index in [1.807, 2.05) is 59.2 Å². The largest absolute Gasteiger partial charge is 0.480 e. The number of aliphatic hydroxyl groups excluding tert-OH is 4. The lowest BCUT2D eigenvalue weighted by Gasteiger charge is -2.39. The van der Waals surface area contributed by atoms with E-state index in [9.17, 15) is 20.4 Å². The predicted octanol–water partition coefficient (Wildman–Crippen LogP) is 0.809. The Morgan fingerprint density at radius 3 is 2.37 bits per heavy atom. The van der Waals surface area contributed by atoms with Crippen LogP contribution in [0.1, 0.15) is 0 Å². The summed E-state index contributed by atoms with van der Waals surface area (Å²) in [6, 6.07) is 17.3. The maximum absolute atomic E-state index is 10.3. The van der Waals surface area contributed by atoms with E-state index < -0.39 is 37.3 Å². The molecule has 0 spiro atoms. The third-order valence-electron chi connectivity index (χ3n) is 4.82. The van der Waals surface area contributed by atoms with Gasteiger partial charge in [0, 0.05) is 11.1 Å². The van der Waals surface area contributed by atoms with E-state index in [-0.39, 0.29) is 0 Å². The second-order valence-electron chi connectivity index (χ2n) is 6.53. The van der Waals surface area contributed by atoms with Crippen molar-refractivity contribution in [3.05, 3.63) is 60.8 Å². The van der Waals surface area contributed by atoms with Gasteiger partial charge in [0.05, 0.1) is 18.3 Å². The van der Waals surface area contributed by atoms with Crippen molar-refractivity contribution in [2.75, 3.05) is 6.61 Å². The Hall–Kier alpha value is -2.42. The fourth-order valence-corrected chi connectivity index (χ4v) is 3.39. The monoisotopic (exact) mass is 371 g/mol. The van der Waals surface area contributed by atoms with E-state index in [1.165, 1.54) is 0 Å². The Kier molecular flexibility index (Phi) is 4.86. The van der Waals surface area contributed by atoms with Crippen LogP contribution in [0.5, 0.6) is 5.75 Å². The van der Waals surface area contributed by atoms with Crippen LogP contribution >= 0.6 is 0 Å². The molecule has 0 bridgehead atoms. The molecule has 142 valence electrons. The highest BCUT2D eigenvalue weighted by atomic mass is 16.7. The van der Waals surface area contributed by atoms with Crippen molar-refractivity contribution >= 4 is 10.9 Å². The summed E-state index contributed by atoms with van der Waals surface area (Å²) in [6.07, 6.45) is -4.77. The van der Waals surface area contributed by atoms with Crippen molar-refractivity contribution in [3.8, 4) is 11.4 Å². The molecule has 3 aromatic rings. The first kappa shape index (κ1) is 18.0. The summed E-state index contributed by atoms with van der Waals surface area (Å²) in [5, 5.41) is 40.6. The first-order chi connectivity index (χ1) is 13.1. The molecule has 27 heavy (non-hydrogen) atoms. The molecule has 0 saturated carbocycles. The van der Waals surface area contributed by atoms with Gasteiger partial charge >= 0.3 is 0 Å². The molecule has 2 heterocycles. The maximum atomic E-state index is 10.3. The number of rotatable bonds is 4. The molecule has 0 aliphatic carbocycles. The summed E-state index contributed by atoms with van der Waals surface area (Å²) in [6.45, 7) is -0.519. The maximum Gasteiger partial charge on any atom is 0.195 e. The van der Waals surface area contributed by atoms with Gasteiger partial charge in [0.15, 0.2) is 12.4 Å². The summed E-state index contributed by atoms with van der Waals surface area (Å²) >= 11 is 0. The Bertz CT molecular complexity index is 911. The molecule has 5 atom stereocenters. The number of fused-ring (bicyclic) bond motifs is 1. The number of benzene rings is 2. The number of para-hydroxylation sites is 2. The number of hydrogen-bond donors (Lipinski definition) is 4. The minimum atomic E-state index is -1.49. The van der Waals surface area contributed by atoms with Gasteiger partial charge in [-0.25, -0.2) is 0 Å². The molecule has 4 rings (SSSR count). The Balaban J connectivity index is 1.71. The van der Waals surface area contributed by atoms with Crippen LogP contribution < -0.4 is 4.74 Å². The molecule has 1 aliphatic heterocycles. The van der Waals surface area contributed by atoms with Crippen LogP contribution in [0.25, 0.3) is 16.6 Å². The van der Waals surface area contributed by atoms with Crippen LogP contribution in [0.2, 0.25) is 0 Å². The van der Waals surface area contributed by atoms with E-state index in [0.717, 1.165) is 16.6 Å². The highest BCUT2D eigenvalue weighted by Crippen LogP contribution is 2.33. The molecule has 0 radical (unpaired) electrons. The zero-order valence-electron chi connectivity index (χ0n) is 14.4. The smallest absolute Gasteiger partial charge is 0.195 e. The second-order valence-corrected chi connectivity index (χ2v) is 6.53. The highest BCUT2D eigenvalue weighted by molar-refractivity contribution is 5.88. The topological polar surface area (TPSA) is 104 Å². The molecule has 7 heteroatoms. The average Bonchev–Trinajstić information content (AvgIpc) is 3.07. The third-order valence-corrected chi connectivity index (χ3v) is 4.82. The minimum absolute atomic E-state index is 0.441. The number of ether oxygens (including phenoxy) is 2. The fraction of sp³-hybridized carbons (Fsp3) is 0.300. The van der Waals surface area contributed by atoms with Gasteiger partial charge in [0.2, 0.25) is 0 Å². The highest BCUT2D eigenvalue weighted by Gasteiger charge is 2.45. The molecule has 1 aliphatic rings. The van der Waals surface area contributed by atoms with Crippen LogP contribution in [-0.4, -0.2) is 62.3 Å². The van der Waals surface area contributed by atoms with Gasteiger partial charge in [0.1, 0.15) is 24.1 Å². The predicted molar refractivity (Wildman–Crippen MR) is 97.7 cm³/mol. The molecular formula is C20H21NO6. The van der Waals surface area contributed by atoms with Gasteiger partial charge in [-0.2, -0.15) is 0 Å². The van der Waals surface area contributed by atoms with Crippen molar-refractivity contribution in [2.45, 2.75) is 30.7 Å². The molecule has 0 amide bonds. The molecule has 7 nitrogen and oxygen atoms in total. The van der Waals surface area contributed by atoms with Crippen molar-refractivity contribution < 1.29 is 29.9 Å². The van der Waals surface area contributed by atoms with Crippen molar-refractivity contribution in [1.82, 2.24) is 4.57 Å². The van der Waals surface area contributed by atoms with Gasteiger partial charge in [-0.1, -0.05) is 30.3 Å². The van der Waals surface area contributed by atoms with E-state index in [0.29, 0.717) is 5.75 Å². The molecule has 1 aromatic heterocycles. The number of nitrogens with zero attached hydrogens (tertiary/aromatic N) is 1. The SMILES string of the molecule is OC[C@H]1O[C@@H](O)[C@H](Oc2cn(-c3ccccc3)c3ccccc23)[C@@H](O)[C@H]1O.